The highest BCUT2D eigenvalue weighted by molar-refractivity contribution is 5.99. The number of hydrazone groups is 1. The topological polar surface area (TPSA) is 106 Å². The van der Waals surface area contributed by atoms with Gasteiger partial charge in [-0.25, -0.2) is 10.2 Å². The van der Waals surface area contributed by atoms with Crippen LogP contribution in [0.25, 0.3) is 11.2 Å². The third-order valence-corrected chi connectivity index (χ3v) is 5.14. The van der Waals surface area contributed by atoms with Crippen molar-refractivity contribution < 1.29 is 5.11 Å². The first-order chi connectivity index (χ1) is 14.9. The Hall–Kier alpha value is -4.14. The molecular weight excluding hydrogens is 396 g/mol. The maximum Gasteiger partial charge on any atom is 0.332 e. The quantitative estimate of drug-likeness (QED) is 0.381. The van der Waals surface area contributed by atoms with Crippen molar-refractivity contribution in [1.29, 1.82) is 0 Å². The van der Waals surface area contributed by atoms with Crippen LogP contribution in [-0.2, 0) is 20.6 Å². The maximum absolute atomic E-state index is 12.9. The summed E-state index contributed by atoms with van der Waals surface area (Å²) in [6.45, 7) is 2.19. The SMILES string of the molecule is C/C(=N/Nc1nc2c(c(=O)n(C)c(=O)n2C)n1Cc1ccccc1)c1ccc(O)cc1. The van der Waals surface area contributed by atoms with Gasteiger partial charge in [-0.15, -0.1) is 0 Å². The molecule has 4 aromatic rings. The van der Waals surface area contributed by atoms with Crippen molar-refractivity contribution in [3.05, 3.63) is 86.6 Å². The molecule has 9 nitrogen and oxygen atoms in total. The van der Waals surface area contributed by atoms with Crippen molar-refractivity contribution in [1.82, 2.24) is 18.7 Å². The van der Waals surface area contributed by atoms with E-state index in [1.807, 2.05) is 37.3 Å². The molecule has 0 aliphatic heterocycles. The van der Waals surface area contributed by atoms with E-state index in [2.05, 4.69) is 15.5 Å². The Morgan fingerprint density at radius 3 is 2.39 bits per heavy atom. The highest BCUT2D eigenvalue weighted by Crippen LogP contribution is 2.18. The van der Waals surface area contributed by atoms with Crippen LogP contribution in [0, 0.1) is 0 Å². The number of anilines is 1. The normalized spacial score (nSPS) is 11.8. The first-order valence-corrected chi connectivity index (χ1v) is 9.66. The van der Waals surface area contributed by atoms with Crippen molar-refractivity contribution in [2.75, 3.05) is 5.43 Å². The van der Waals surface area contributed by atoms with E-state index < -0.39 is 11.2 Å². The predicted molar refractivity (Wildman–Crippen MR) is 120 cm³/mol. The first-order valence-electron chi connectivity index (χ1n) is 9.66. The molecule has 4 rings (SSSR count). The highest BCUT2D eigenvalue weighted by atomic mass is 16.3. The standard InChI is InChI=1S/C22H22N6O3/c1-14(16-9-11-17(29)12-10-16)24-25-21-23-19-18(20(30)27(3)22(31)26(19)2)28(21)13-15-7-5-4-6-8-15/h4-12,29H,13H2,1-3H3,(H,23,25)/b24-14-. The summed E-state index contributed by atoms with van der Waals surface area (Å²) >= 11 is 0. The number of nitrogens with zero attached hydrogens (tertiary/aromatic N) is 5. The van der Waals surface area contributed by atoms with Crippen LogP contribution in [0.4, 0.5) is 5.95 Å². The van der Waals surface area contributed by atoms with Gasteiger partial charge in [-0.1, -0.05) is 30.3 Å². The van der Waals surface area contributed by atoms with Crippen molar-refractivity contribution in [3.8, 4) is 5.75 Å². The molecule has 0 fully saturated rings. The van der Waals surface area contributed by atoms with Gasteiger partial charge in [0.2, 0.25) is 5.95 Å². The summed E-state index contributed by atoms with van der Waals surface area (Å²) in [4.78, 5) is 29.8. The molecule has 2 N–H and O–H groups in total. The van der Waals surface area contributed by atoms with Crippen LogP contribution in [-0.4, -0.2) is 29.5 Å². The fourth-order valence-corrected chi connectivity index (χ4v) is 3.35. The van der Waals surface area contributed by atoms with E-state index >= 15 is 0 Å². The molecule has 0 unspecified atom stereocenters. The van der Waals surface area contributed by atoms with Crippen LogP contribution >= 0.6 is 0 Å². The summed E-state index contributed by atoms with van der Waals surface area (Å²) in [7, 11) is 3.03. The lowest BCUT2D eigenvalue weighted by Gasteiger charge is -2.10. The smallest absolute Gasteiger partial charge is 0.332 e. The second-order valence-corrected chi connectivity index (χ2v) is 7.24. The van der Waals surface area contributed by atoms with Crippen LogP contribution in [0.15, 0.2) is 69.3 Å². The van der Waals surface area contributed by atoms with Crippen LogP contribution in [0.2, 0.25) is 0 Å². The zero-order valence-electron chi connectivity index (χ0n) is 17.4. The Bertz CT molecular complexity index is 1400. The van der Waals surface area contributed by atoms with Crippen LogP contribution < -0.4 is 16.7 Å². The van der Waals surface area contributed by atoms with E-state index in [0.717, 1.165) is 15.7 Å². The average Bonchev–Trinajstić information content (AvgIpc) is 3.14. The number of aromatic hydroxyl groups is 1. The van der Waals surface area contributed by atoms with Crippen molar-refractivity contribution >= 4 is 22.8 Å². The molecule has 0 radical (unpaired) electrons. The molecule has 0 aliphatic carbocycles. The summed E-state index contributed by atoms with van der Waals surface area (Å²) in [5.74, 6) is 0.515. The fraction of sp³-hybridized carbons (Fsp3) is 0.182. The van der Waals surface area contributed by atoms with Gasteiger partial charge in [0.15, 0.2) is 11.2 Å². The number of hydrogen-bond donors (Lipinski definition) is 2. The van der Waals surface area contributed by atoms with Crippen molar-refractivity contribution in [2.24, 2.45) is 19.2 Å². The number of phenolic OH excluding ortho intramolecular Hbond substituents is 1. The molecule has 31 heavy (non-hydrogen) atoms. The molecular formula is C22H22N6O3. The van der Waals surface area contributed by atoms with Gasteiger partial charge in [0.05, 0.1) is 12.3 Å². The van der Waals surface area contributed by atoms with Crippen molar-refractivity contribution in [3.63, 3.8) is 0 Å². The van der Waals surface area contributed by atoms with E-state index in [9.17, 15) is 14.7 Å². The lowest BCUT2D eigenvalue weighted by atomic mass is 10.1. The molecule has 0 atom stereocenters. The van der Waals surface area contributed by atoms with Gasteiger partial charge in [0.25, 0.3) is 5.56 Å². The zero-order chi connectivity index (χ0) is 22.1. The zero-order valence-corrected chi connectivity index (χ0v) is 17.4. The number of phenols is 1. The maximum atomic E-state index is 12.9. The molecule has 2 heterocycles. The number of fused-ring (bicyclic) bond motifs is 1. The Morgan fingerprint density at radius 2 is 1.71 bits per heavy atom. The van der Waals surface area contributed by atoms with Crippen LogP contribution in [0.3, 0.4) is 0 Å². The first kappa shape index (κ1) is 20.1. The molecule has 0 spiro atoms. The molecule has 2 aromatic carbocycles. The van der Waals surface area contributed by atoms with Crippen LogP contribution in [0.5, 0.6) is 5.75 Å². The molecule has 0 saturated heterocycles. The number of benzene rings is 2. The molecule has 0 aliphatic rings. The van der Waals surface area contributed by atoms with Crippen molar-refractivity contribution in [2.45, 2.75) is 13.5 Å². The molecule has 158 valence electrons. The summed E-state index contributed by atoms with van der Waals surface area (Å²) < 4.78 is 4.14. The predicted octanol–water partition coefficient (Wildman–Crippen LogP) is 2.02. The minimum atomic E-state index is -0.447. The minimum absolute atomic E-state index is 0.172. The van der Waals surface area contributed by atoms with Gasteiger partial charge in [-0.3, -0.25) is 18.5 Å². The Kier molecular flexibility index (Phi) is 5.16. The fourth-order valence-electron chi connectivity index (χ4n) is 3.35. The molecule has 0 bridgehead atoms. The number of aryl methyl sites for hydroxylation is 1. The number of hydrogen-bond acceptors (Lipinski definition) is 6. The molecule has 0 saturated carbocycles. The van der Waals surface area contributed by atoms with Crippen LogP contribution in [0.1, 0.15) is 18.1 Å². The lowest BCUT2D eigenvalue weighted by molar-refractivity contribution is 0.475. The van der Waals surface area contributed by atoms with E-state index in [4.69, 9.17) is 0 Å². The third-order valence-electron chi connectivity index (χ3n) is 5.14. The second-order valence-electron chi connectivity index (χ2n) is 7.24. The van der Waals surface area contributed by atoms with Gasteiger partial charge < -0.3 is 5.11 Å². The molecule has 0 amide bonds. The van der Waals surface area contributed by atoms with E-state index in [1.165, 1.54) is 11.6 Å². The highest BCUT2D eigenvalue weighted by Gasteiger charge is 2.19. The summed E-state index contributed by atoms with van der Waals surface area (Å²) in [6.07, 6.45) is 0. The number of imidazole rings is 1. The average molecular weight is 418 g/mol. The summed E-state index contributed by atoms with van der Waals surface area (Å²) in [6, 6.07) is 16.3. The lowest BCUT2D eigenvalue weighted by Crippen LogP contribution is -2.37. The third kappa shape index (κ3) is 3.73. The Labute approximate surface area is 177 Å². The van der Waals surface area contributed by atoms with Gasteiger partial charge in [0, 0.05) is 14.1 Å². The Morgan fingerprint density at radius 1 is 1.03 bits per heavy atom. The van der Waals surface area contributed by atoms with Gasteiger partial charge in [-0.2, -0.15) is 10.1 Å². The van der Waals surface area contributed by atoms with Gasteiger partial charge in [-0.05, 0) is 42.3 Å². The summed E-state index contributed by atoms with van der Waals surface area (Å²) in [5, 5.41) is 13.9. The number of nitrogens with one attached hydrogen (secondary N) is 1. The van der Waals surface area contributed by atoms with Gasteiger partial charge >= 0.3 is 5.69 Å². The molecule has 2 aromatic heterocycles. The number of aromatic nitrogens is 4. The second kappa shape index (κ2) is 7.94. The molecule has 9 heteroatoms. The minimum Gasteiger partial charge on any atom is -0.508 e. The summed E-state index contributed by atoms with van der Waals surface area (Å²) in [5.41, 5.74) is 5.13. The van der Waals surface area contributed by atoms with E-state index in [1.54, 1.807) is 35.9 Å². The van der Waals surface area contributed by atoms with Gasteiger partial charge in [0.1, 0.15) is 5.75 Å². The Balaban J connectivity index is 1.84. The monoisotopic (exact) mass is 418 g/mol. The number of rotatable bonds is 5. The van der Waals surface area contributed by atoms with E-state index in [-0.39, 0.29) is 11.4 Å². The van der Waals surface area contributed by atoms with E-state index in [0.29, 0.717) is 23.7 Å². The largest absolute Gasteiger partial charge is 0.508 e.